The van der Waals surface area contributed by atoms with Crippen molar-refractivity contribution in [2.75, 3.05) is 29.6 Å². The molecule has 1 atom stereocenters. The third kappa shape index (κ3) is 4.73. The van der Waals surface area contributed by atoms with E-state index in [-0.39, 0.29) is 11.5 Å². The molecule has 8 heteroatoms. The summed E-state index contributed by atoms with van der Waals surface area (Å²) in [7, 11) is 3.98. The van der Waals surface area contributed by atoms with E-state index in [9.17, 15) is 9.59 Å². The number of benzene rings is 2. The summed E-state index contributed by atoms with van der Waals surface area (Å²) in [6.07, 6.45) is 4.07. The lowest BCUT2D eigenvalue weighted by Crippen LogP contribution is -2.60. The van der Waals surface area contributed by atoms with Crippen molar-refractivity contribution >= 4 is 29.0 Å². The number of aromatic amines is 1. The number of hydrogen-bond donors (Lipinski definition) is 1. The van der Waals surface area contributed by atoms with Crippen molar-refractivity contribution in [2.24, 2.45) is 0 Å². The first-order valence-electron chi connectivity index (χ1n) is 11.8. The molecule has 1 N–H and O–H groups in total. The number of fused-ring (bicyclic) bond motifs is 3. The molecule has 178 valence electrons. The summed E-state index contributed by atoms with van der Waals surface area (Å²) in [5, 5.41) is 5.43. The average molecular weight is 479 g/mol. The first-order chi connectivity index (χ1) is 16.4. The Morgan fingerprint density at radius 1 is 1.12 bits per heavy atom. The van der Waals surface area contributed by atoms with E-state index >= 15 is 0 Å². The molecule has 0 spiro atoms. The van der Waals surface area contributed by atoms with Gasteiger partial charge in [0.2, 0.25) is 11.1 Å². The van der Waals surface area contributed by atoms with Gasteiger partial charge >= 0.3 is 11.3 Å². The van der Waals surface area contributed by atoms with Gasteiger partial charge in [0.05, 0.1) is 11.3 Å². The minimum atomic E-state index is -0.555. The number of thioether (sulfide) groups is 1. The van der Waals surface area contributed by atoms with Gasteiger partial charge in [-0.1, -0.05) is 50.1 Å². The number of amides is 1. The number of carbonyl (C=O) groups excluding carboxylic acids is 1. The van der Waals surface area contributed by atoms with Crippen molar-refractivity contribution in [2.45, 2.75) is 50.9 Å². The molecule has 0 fully saturated rings. The summed E-state index contributed by atoms with van der Waals surface area (Å²) < 4.78 is 1.72. The van der Waals surface area contributed by atoms with Gasteiger partial charge in [0.1, 0.15) is 0 Å². The molecule has 0 saturated carbocycles. The maximum absolute atomic E-state index is 13.3. The Morgan fingerprint density at radius 3 is 2.53 bits per heavy atom. The van der Waals surface area contributed by atoms with Gasteiger partial charge in [-0.05, 0) is 47.5 Å². The largest absolute Gasteiger partial charge is 0.378 e. The number of aromatic nitrogens is 3. The van der Waals surface area contributed by atoms with Crippen LogP contribution in [0.1, 0.15) is 51.3 Å². The number of nitrogens with one attached hydrogen (secondary N) is 1. The van der Waals surface area contributed by atoms with E-state index in [1.54, 1.807) is 28.3 Å². The van der Waals surface area contributed by atoms with Crippen molar-refractivity contribution < 1.29 is 9.48 Å². The SMILES string of the molecule is CCCCCCSc1n[n+]2c(c(=O)[nH]1)-c1ccccc1N(C(C)=O)C2c1ccc(N(C)C)cc1. The second-order valence-electron chi connectivity index (χ2n) is 8.73. The second kappa shape index (κ2) is 10.4. The predicted molar refractivity (Wildman–Crippen MR) is 137 cm³/mol. The third-order valence-electron chi connectivity index (χ3n) is 6.04. The smallest absolute Gasteiger partial charge is 0.325 e. The molecule has 0 aliphatic carbocycles. The van der Waals surface area contributed by atoms with Crippen molar-refractivity contribution in [1.82, 2.24) is 10.1 Å². The van der Waals surface area contributed by atoms with Gasteiger partial charge in [-0.2, -0.15) is 0 Å². The summed E-state index contributed by atoms with van der Waals surface area (Å²) >= 11 is 1.55. The van der Waals surface area contributed by atoms with Crippen LogP contribution in [0.4, 0.5) is 11.4 Å². The van der Waals surface area contributed by atoms with Crippen LogP contribution in [0.15, 0.2) is 58.5 Å². The minimum absolute atomic E-state index is 0.108. The molecule has 2 heterocycles. The lowest BCUT2D eigenvalue weighted by molar-refractivity contribution is -0.763. The van der Waals surface area contributed by atoms with E-state index in [2.05, 4.69) is 11.9 Å². The number of para-hydroxylation sites is 1. The number of carbonyl (C=O) groups is 1. The Morgan fingerprint density at radius 2 is 1.85 bits per heavy atom. The minimum Gasteiger partial charge on any atom is -0.378 e. The number of unbranched alkanes of at least 4 members (excludes halogenated alkanes) is 3. The molecule has 0 bridgehead atoms. The highest BCUT2D eigenvalue weighted by Gasteiger charge is 2.44. The first-order valence-corrected chi connectivity index (χ1v) is 12.8. The number of hydrogen-bond acceptors (Lipinski definition) is 5. The van der Waals surface area contributed by atoms with E-state index in [1.807, 2.05) is 67.5 Å². The van der Waals surface area contributed by atoms with E-state index < -0.39 is 6.17 Å². The Labute approximate surface area is 204 Å². The molecule has 34 heavy (non-hydrogen) atoms. The highest BCUT2D eigenvalue weighted by atomic mass is 32.2. The molecule has 1 aliphatic rings. The monoisotopic (exact) mass is 478 g/mol. The fourth-order valence-corrected chi connectivity index (χ4v) is 5.17. The van der Waals surface area contributed by atoms with Gasteiger partial charge in [0.15, 0.2) is 0 Å². The fourth-order valence-electron chi connectivity index (χ4n) is 4.32. The Hall–Kier alpha value is -3.13. The van der Waals surface area contributed by atoms with Crippen molar-refractivity contribution in [1.29, 1.82) is 0 Å². The zero-order chi connectivity index (χ0) is 24.2. The van der Waals surface area contributed by atoms with Crippen molar-refractivity contribution in [3.05, 3.63) is 64.4 Å². The van der Waals surface area contributed by atoms with Crippen LogP contribution >= 0.6 is 11.8 Å². The summed E-state index contributed by atoms with van der Waals surface area (Å²) in [6, 6.07) is 15.6. The molecule has 0 saturated heterocycles. The molecule has 7 nitrogen and oxygen atoms in total. The fraction of sp³-hybridized carbons (Fsp3) is 0.385. The molecular formula is C26H32N5O2S+. The van der Waals surface area contributed by atoms with Gasteiger partial charge in [0, 0.05) is 43.1 Å². The maximum atomic E-state index is 13.3. The van der Waals surface area contributed by atoms with Crippen LogP contribution in [0.5, 0.6) is 0 Å². The zero-order valence-corrected chi connectivity index (χ0v) is 21.1. The Balaban J connectivity index is 1.83. The van der Waals surface area contributed by atoms with Crippen LogP contribution in [0.2, 0.25) is 0 Å². The summed E-state index contributed by atoms with van der Waals surface area (Å²) in [4.78, 5) is 33.0. The average Bonchev–Trinajstić information content (AvgIpc) is 2.82. The van der Waals surface area contributed by atoms with Gasteiger partial charge in [-0.15, -0.1) is 0 Å². The highest BCUT2D eigenvalue weighted by molar-refractivity contribution is 7.99. The van der Waals surface area contributed by atoms with Crippen LogP contribution in [-0.2, 0) is 4.79 Å². The molecule has 1 amide bonds. The first kappa shape index (κ1) is 24.0. The third-order valence-corrected chi connectivity index (χ3v) is 6.99. The Bertz CT molecular complexity index is 1220. The molecule has 2 aromatic carbocycles. The van der Waals surface area contributed by atoms with Crippen LogP contribution in [0.25, 0.3) is 11.3 Å². The van der Waals surface area contributed by atoms with E-state index in [4.69, 9.17) is 5.10 Å². The predicted octanol–water partition coefficient (Wildman–Crippen LogP) is 4.38. The quantitative estimate of drug-likeness (QED) is 0.296. The Kier molecular flexibility index (Phi) is 7.36. The molecule has 4 rings (SSSR count). The summed E-state index contributed by atoms with van der Waals surface area (Å²) in [5.41, 5.74) is 3.62. The van der Waals surface area contributed by atoms with Crippen molar-refractivity contribution in [3.63, 3.8) is 0 Å². The van der Waals surface area contributed by atoms with Gasteiger partial charge in [-0.25, -0.2) is 4.90 Å². The van der Waals surface area contributed by atoms with Gasteiger partial charge in [-0.3, -0.25) is 14.6 Å². The summed E-state index contributed by atoms with van der Waals surface area (Å²) in [5.74, 6) is 0.778. The van der Waals surface area contributed by atoms with Crippen LogP contribution in [-0.4, -0.2) is 35.8 Å². The standard InChI is InChI=1S/C26H31N5O2S/c1-5-6-7-10-17-34-26-27-24(33)23-21-11-8-9-12-22(21)30(18(2)32)25(31(23)28-26)19-13-15-20(16-14-19)29(3)4/h8-9,11-16,25H,5-7,10,17H2,1-4H3/p+1. The number of rotatable bonds is 8. The molecule has 1 aliphatic heterocycles. The van der Waals surface area contributed by atoms with Crippen LogP contribution in [0, 0.1) is 0 Å². The lowest BCUT2D eigenvalue weighted by Gasteiger charge is -2.31. The molecule has 3 aromatic rings. The molecular weight excluding hydrogens is 446 g/mol. The normalized spacial score (nSPS) is 14.5. The topological polar surface area (TPSA) is 73.2 Å². The van der Waals surface area contributed by atoms with Crippen LogP contribution < -0.4 is 20.0 Å². The van der Waals surface area contributed by atoms with Crippen molar-refractivity contribution in [3.8, 4) is 11.3 Å². The van der Waals surface area contributed by atoms with E-state index in [0.717, 1.165) is 29.8 Å². The lowest BCUT2D eigenvalue weighted by atomic mass is 10.0. The maximum Gasteiger partial charge on any atom is 0.325 e. The number of nitrogens with zero attached hydrogens (tertiary/aromatic N) is 4. The van der Waals surface area contributed by atoms with Gasteiger partial charge < -0.3 is 4.90 Å². The number of anilines is 2. The molecule has 0 radical (unpaired) electrons. The van der Waals surface area contributed by atoms with Gasteiger partial charge in [0.25, 0.3) is 6.17 Å². The molecule has 1 aromatic heterocycles. The molecule has 1 unspecified atom stereocenters. The van der Waals surface area contributed by atoms with E-state index in [0.29, 0.717) is 22.1 Å². The second-order valence-corrected chi connectivity index (χ2v) is 9.81. The highest BCUT2D eigenvalue weighted by Crippen LogP contribution is 2.37. The number of H-pyrrole nitrogens is 1. The zero-order valence-electron chi connectivity index (χ0n) is 20.2. The van der Waals surface area contributed by atoms with Crippen LogP contribution in [0.3, 0.4) is 0 Å². The van der Waals surface area contributed by atoms with E-state index in [1.165, 1.54) is 12.8 Å². The summed E-state index contributed by atoms with van der Waals surface area (Å²) in [6.45, 7) is 3.75.